The second-order valence-corrected chi connectivity index (χ2v) is 7.27. The fourth-order valence-electron chi connectivity index (χ4n) is 3.95. The summed E-state index contributed by atoms with van der Waals surface area (Å²) >= 11 is 0. The number of H-pyrrole nitrogens is 1. The molecule has 3 heterocycles. The summed E-state index contributed by atoms with van der Waals surface area (Å²) in [5, 5.41) is 6.54. The monoisotopic (exact) mass is 374 g/mol. The smallest absolute Gasteiger partial charge is 0.348 e. The van der Waals surface area contributed by atoms with Gasteiger partial charge in [-0.1, -0.05) is 12.1 Å². The van der Waals surface area contributed by atoms with Gasteiger partial charge in [0.15, 0.2) is 0 Å². The van der Waals surface area contributed by atoms with Crippen molar-refractivity contribution >= 4 is 5.91 Å². The zero-order valence-corrected chi connectivity index (χ0v) is 15.1. The highest BCUT2D eigenvalue weighted by Crippen LogP contribution is 2.24. The minimum Gasteiger partial charge on any atom is -0.381 e. The SMILES string of the molecule is O=C([C@@H]1CCOC1)N1CCC(Cc2n[nH]c(=O)n2-c2ccccc2F)CC1. The van der Waals surface area contributed by atoms with E-state index in [1.165, 1.54) is 10.6 Å². The van der Waals surface area contributed by atoms with Gasteiger partial charge in [-0.05, 0) is 37.3 Å². The van der Waals surface area contributed by atoms with E-state index in [2.05, 4.69) is 10.2 Å². The second-order valence-electron chi connectivity index (χ2n) is 7.27. The Balaban J connectivity index is 1.42. The number of para-hydroxylation sites is 1. The molecular formula is C19H23FN4O3. The van der Waals surface area contributed by atoms with Crippen LogP contribution in [0.2, 0.25) is 0 Å². The molecule has 1 N–H and O–H groups in total. The van der Waals surface area contributed by atoms with E-state index in [0.29, 0.717) is 44.5 Å². The number of carbonyl (C=O) groups excluding carboxylic acids is 1. The molecule has 0 bridgehead atoms. The van der Waals surface area contributed by atoms with Gasteiger partial charge >= 0.3 is 5.69 Å². The standard InChI is InChI=1S/C19H23FN4O3/c20-15-3-1-2-4-16(15)24-17(21-22-19(24)26)11-13-5-8-23(9-6-13)18(25)14-7-10-27-12-14/h1-4,13-14H,5-12H2,(H,22,26)/t14-/m1/s1. The number of piperidine rings is 1. The van der Waals surface area contributed by atoms with Gasteiger partial charge in [0.05, 0.1) is 18.2 Å². The predicted octanol–water partition coefficient (Wildman–Crippen LogP) is 1.52. The van der Waals surface area contributed by atoms with Crippen LogP contribution in [-0.2, 0) is 16.0 Å². The van der Waals surface area contributed by atoms with E-state index in [1.807, 2.05) is 4.90 Å². The number of nitrogens with zero attached hydrogens (tertiary/aromatic N) is 3. The number of halogens is 1. The second kappa shape index (κ2) is 7.64. The number of benzene rings is 1. The molecule has 2 aliphatic rings. The maximum Gasteiger partial charge on any atom is 0.348 e. The number of carbonyl (C=O) groups is 1. The summed E-state index contributed by atoms with van der Waals surface area (Å²) in [6.07, 6.45) is 3.07. The largest absolute Gasteiger partial charge is 0.381 e. The third-order valence-corrected chi connectivity index (χ3v) is 5.51. The molecule has 2 aliphatic heterocycles. The molecule has 2 aromatic rings. The van der Waals surface area contributed by atoms with E-state index in [0.717, 1.165) is 19.3 Å². The molecular weight excluding hydrogens is 351 g/mol. The van der Waals surface area contributed by atoms with Gasteiger partial charge in [-0.25, -0.2) is 18.9 Å². The molecule has 144 valence electrons. The maximum absolute atomic E-state index is 14.1. The number of ether oxygens (including phenoxy) is 1. The van der Waals surface area contributed by atoms with Crippen molar-refractivity contribution in [1.29, 1.82) is 0 Å². The summed E-state index contributed by atoms with van der Waals surface area (Å²) in [4.78, 5) is 26.5. The summed E-state index contributed by atoms with van der Waals surface area (Å²) in [7, 11) is 0. The summed E-state index contributed by atoms with van der Waals surface area (Å²) in [5.41, 5.74) is -0.232. The Labute approximate surface area is 156 Å². The minimum absolute atomic E-state index is 0.000809. The van der Waals surface area contributed by atoms with Crippen molar-refractivity contribution in [3.63, 3.8) is 0 Å². The highest BCUT2D eigenvalue weighted by atomic mass is 19.1. The lowest BCUT2D eigenvalue weighted by molar-refractivity contribution is -0.136. The fourth-order valence-corrected chi connectivity index (χ4v) is 3.95. The molecule has 1 amide bonds. The van der Waals surface area contributed by atoms with E-state index in [-0.39, 0.29) is 17.5 Å². The highest BCUT2D eigenvalue weighted by Gasteiger charge is 2.31. The number of aromatic amines is 1. The number of rotatable bonds is 4. The third kappa shape index (κ3) is 3.66. The van der Waals surface area contributed by atoms with Crippen LogP contribution in [0.5, 0.6) is 0 Å². The molecule has 1 atom stereocenters. The quantitative estimate of drug-likeness (QED) is 0.880. The van der Waals surface area contributed by atoms with E-state index in [1.54, 1.807) is 18.2 Å². The van der Waals surface area contributed by atoms with Crippen molar-refractivity contribution in [3.8, 4) is 5.69 Å². The van der Waals surface area contributed by atoms with E-state index >= 15 is 0 Å². The molecule has 2 saturated heterocycles. The van der Waals surface area contributed by atoms with Crippen LogP contribution < -0.4 is 5.69 Å². The predicted molar refractivity (Wildman–Crippen MR) is 96.1 cm³/mol. The van der Waals surface area contributed by atoms with Crippen LogP contribution in [0.25, 0.3) is 5.69 Å². The van der Waals surface area contributed by atoms with Crippen LogP contribution in [0.3, 0.4) is 0 Å². The summed E-state index contributed by atoms with van der Waals surface area (Å²) in [5.74, 6) is 0.559. The number of hydrogen-bond acceptors (Lipinski definition) is 4. The zero-order valence-electron chi connectivity index (χ0n) is 15.1. The number of hydrogen-bond donors (Lipinski definition) is 1. The average Bonchev–Trinajstić information content (AvgIpc) is 3.33. The average molecular weight is 374 g/mol. The van der Waals surface area contributed by atoms with Crippen LogP contribution in [0.1, 0.15) is 25.1 Å². The third-order valence-electron chi connectivity index (χ3n) is 5.51. The summed E-state index contributed by atoms with van der Waals surface area (Å²) in [6, 6.07) is 6.18. The molecule has 0 spiro atoms. The molecule has 0 unspecified atom stereocenters. The lowest BCUT2D eigenvalue weighted by Gasteiger charge is -2.33. The first-order valence-corrected chi connectivity index (χ1v) is 9.41. The first-order valence-electron chi connectivity index (χ1n) is 9.41. The molecule has 0 aliphatic carbocycles. The van der Waals surface area contributed by atoms with E-state index < -0.39 is 11.5 Å². The number of likely N-dealkylation sites (tertiary alicyclic amines) is 1. The van der Waals surface area contributed by atoms with E-state index in [4.69, 9.17) is 4.74 Å². The van der Waals surface area contributed by atoms with Crippen molar-refractivity contribution in [2.24, 2.45) is 11.8 Å². The molecule has 0 radical (unpaired) electrons. The lowest BCUT2D eigenvalue weighted by atomic mass is 9.92. The van der Waals surface area contributed by atoms with Gasteiger partial charge in [-0.3, -0.25) is 4.79 Å². The maximum atomic E-state index is 14.1. The molecule has 27 heavy (non-hydrogen) atoms. The Hall–Kier alpha value is -2.48. The molecule has 2 fully saturated rings. The van der Waals surface area contributed by atoms with E-state index in [9.17, 15) is 14.0 Å². The van der Waals surface area contributed by atoms with Gasteiger partial charge in [0.25, 0.3) is 0 Å². The zero-order chi connectivity index (χ0) is 18.8. The Morgan fingerprint density at radius 3 is 2.74 bits per heavy atom. The Kier molecular flexibility index (Phi) is 5.07. The van der Waals surface area contributed by atoms with Crippen molar-refractivity contribution in [1.82, 2.24) is 19.7 Å². The van der Waals surface area contributed by atoms with Gasteiger partial charge < -0.3 is 9.64 Å². The topological polar surface area (TPSA) is 80.2 Å². The Bertz CT molecular complexity index is 864. The van der Waals surface area contributed by atoms with Crippen LogP contribution in [0, 0.1) is 17.7 Å². The van der Waals surface area contributed by atoms with Crippen molar-refractivity contribution in [2.75, 3.05) is 26.3 Å². The van der Waals surface area contributed by atoms with Gasteiger partial charge in [-0.2, -0.15) is 5.10 Å². The van der Waals surface area contributed by atoms with Crippen LogP contribution in [-0.4, -0.2) is 51.9 Å². The molecule has 1 aromatic carbocycles. The Morgan fingerprint density at radius 2 is 2.04 bits per heavy atom. The summed E-state index contributed by atoms with van der Waals surface area (Å²) < 4.78 is 20.7. The molecule has 7 nitrogen and oxygen atoms in total. The van der Waals surface area contributed by atoms with Crippen molar-refractivity contribution < 1.29 is 13.9 Å². The van der Waals surface area contributed by atoms with Gasteiger partial charge in [0.1, 0.15) is 11.6 Å². The number of amides is 1. The van der Waals surface area contributed by atoms with Crippen LogP contribution in [0.15, 0.2) is 29.1 Å². The normalized spacial score (nSPS) is 20.9. The van der Waals surface area contributed by atoms with Crippen molar-refractivity contribution in [2.45, 2.75) is 25.7 Å². The fraction of sp³-hybridized carbons (Fsp3) is 0.526. The first kappa shape index (κ1) is 17.9. The van der Waals surface area contributed by atoms with Gasteiger partial charge in [-0.15, -0.1) is 0 Å². The minimum atomic E-state index is -0.457. The van der Waals surface area contributed by atoms with Gasteiger partial charge in [0.2, 0.25) is 5.91 Å². The molecule has 8 heteroatoms. The Morgan fingerprint density at radius 1 is 1.26 bits per heavy atom. The van der Waals surface area contributed by atoms with Crippen LogP contribution in [0.4, 0.5) is 4.39 Å². The molecule has 4 rings (SSSR count). The highest BCUT2D eigenvalue weighted by molar-refractivity contribution is 5.79. The van der Waals surface area contributed by atoms with Crippen molar-refractivity contribution in [3.05, 3.63) is 46.4 Å². The first-order chi connectivity index (χ1) is 13.1. The molecule has 1 aromatic heterocycles. The lowest BCUT2D eigenvalue weighted by Crippen LogP contribution is -2.42. The van der Waals surface area contributed by atoms with Crippen LogP contribution >= 0.6 is 0 Å². The van der Waals surface area contributed by atoms with Gasteiger partial charge in [0, 0.05) is 26.1 Å². The number of nitrogens with one attached hydrogen (secondary N) is 1. The number of aromatic nitrogens is 3. The summed E-state index contributed by atoms with van der Waals surface area (Å²) in [6.45, 7) is 2.60. The molecule has 0 saturated carbocycles.